The van der Waals surface area contributed by atoms with E-state index in [0.717, 1.165) is 11.6 Å². The van der Waals surface area contributed by atoms with Crippen LogP contribution in [-0.2, 0) is 0 Å². The summed E-state index contributed by atoms with van der Waals surface area (Å²) in [6, 6.07) is 2.02. The van der Waals surface area contributed by atoms with Crippen LogP contribution in [0.4, 0.5) is 0 Å². The number of aromatic nitrogens is 2. The predicted molar refractivity (Wildman–Crippen MR) is 42.2 cm³/mol. The number of hydrogen-bond acceptors (Lipinski definition) is 2. The van der Waals surface area contributed by atoms with Crippen LogP contribution in [-0.4, -0.2) is 17.8 Å². The lowest BCUT2D eigenvalue weighted by atomic mass is 10.1. The molecule has 1 aliphatic carbocycles. The first kappa shape index (κ1) is 5.89. The number of hydrogen-bond donors (Lipinski definition) is 0. The van der Waals surface area contributed by atoms with Gasteiger partial charge in [0.15, 0.2) is 7.85 Å². The standard InChI is InChI=1S/C7H9BN2/c8-7-9-4-3-6(10-7)5-1-2-5/h3-5H,1-2,8H2. The second kappa shape index (κ2) is 2.08. The van der Waals surface area contributed by atoms with Crippen LogP contribution >= 0.6 is 0 Å². The first-order valence-corrected chi connectivity index (χ1v) is 3.66. The van der Waals surface area contributed by atoms with E-state index in [1.165, 1.54) is 18.5 Å². The summed E-state index contributed by atoms with van der Waals surface area (Å²) >= 11 is 0. The van der Waals surface area contributed by atoms with Crippen molar-refractivity contribution >= 4 is 13.6 Å². The summed E-state index contributed by atoms with van der Waals surface area (Å²) in [5.74, 6) is 0.752. The summed E-state index contributed by atoms with van der Waals surface area (Å²) in [7, 11) is 1.94. The Morgan fingerprint density at radius 2 is 2.30 bits per heavy atom. The Balaban J connectivity index is 2.32. The maximum atomic E-state index is 4.32. The fourth-order valence-electron chi connectivity index (χ4n) is 1.08. The summed E-state index contributed by atoms with van der Waals surface area (Å²) in [4.78, 5) is 8.36. The van der Waals surface area contributed by atoms with Crippen molar-refractivity contribution < 1.29 is 0 Å². The van der Waals surface area contributed by atoms with Gasteiger partial charge in [0.1, 0.15) is 0 Å². The van der Waals surface area contributed by atoms with Crippen molar-refractivity contribution in [1.82, 2.24) is 9.97 Å². The van der Waals surface area contributed by atoms with Crippen LogP contribution in [0.3, 0.4) is 0 Å². The molecule has 3 heteroatoms. The van der Waals surface area contributed by atoms with Crippen LogP contribution in [0, 0.1) is 0 Å². The molecular weight excluding hydrogens is 123 g/mol. The third-order valence-electron chi connectivity index (χ3n) is 1.79. The lowest BCUT2D eigenvalue weighted by Crippen LogP contribution is -2.13. The van der Waals surface area contributed by atoms with Gasteiger partial charge in [-0.15, -0.1) is 0 Å². The molecular formula is C7H9BN2. The Hall–Kier alpha value is -0.855. The highest BCUT2D eigenvalue weighted by atomic mass is 14.9. The molecule has 0 N–H and O–H groups in total. The van der Waals surface area contributed by atoms with Crippen molar-refractivity contribution in [2.24, 2.45) is 0 Å². The van der Waals surface area contributed by atoms with Crippen LogP contribution in [0.2, 0.25) is 0 Å². The molecule has 1 fully saturated rings. The number of rotatable bonds is 1. The smallest absolute Gasteiger partial charge is 0.189 e. The van der Waals surface area contributed by atoms with Crippen molar-refractivity contribution in [3.05, 3.63) is 18.0 Å². The topological polar surface area (TPSA) is 25.8 Å². The fourth-order valence-corrected chi connectivity index (χ4v) is 1.08. The van der Waals surface area contributed by atoms with E-state index in [0.29, 0.717) is 0 Å². The van der Waals surface area contributed by atoms with E-state index in [4.69, 9.17) is 0 Å². The minimum Gasteiger partial charge on any atom is -0.253 e. The third kappa shape index (κ3) is 1.04. The van der Waals surface area contributed by atoms with Gasteiger partial charge in [-0.05, 0) is 18.9 Å². The maximum absolute atomic E-state index is 4.32. The van der Waals surface area contributed by atoms with E-state index in [2.05, 4.69) is 9.97 Å². The van der Waals surface area contributed by atoms with E-state index >= 15 is 0 Å². The average Bonchev–Trinajstić information content (AvgIpc) is 2.68. The first-order valence-electron chi connectivity index (χ1n) is 3.66. The Labute approximate surface area is 61.1 Å². The molecule has 0 amide bonds. The van der Waals surface area contributed by atoms with E-state index in [9.17, 15) is 0 Å². The molecule has 1 aromatic heterocycles. The highest BCUT2D eigenvalue weighted by Gasteiger charge is 2.24. The molecule has 0 bridgehead atoms. The highest BCUT2D eigenvalue weighted by Crippen LogP contribution is 2.38. The summed E-state index contributed by atoms with van der Waals surface area (Å²) in [5, 5.41) is 0. The SMILES string of the molecule is Bc1nccc(C2CC2)n1. The normalized spacial score (nSPS) is 17.2. The van der Waals surface area contributed by atoms with Gasteiger partial charge in [0, 0.05) is 17.8 Å². The van der Waals surface area contributed by atoms with Crippen LogP contribution in [0.5, 0.6) is 0 Å². The molecule has 1 aromatic rings. The zero-order valence-corrected chi connectivity index (χ0v) is 6.04. The molecule has 0 radical (unpaired) electrons. The second-order valence-electron chi connectivity index (χ2n) is 2.80. The fraction of sp³-hybridized carbons (Fsp3) is 0.429. The summed E-state index contributed by atoms with van der Waals surface area (Å²) in [6.45, 7) is 0. The van der Waals surface area contributed by atoms with Gasteiger partial charge in [0.2, 0.25) is 0 Å². The van der Waals surface area contributed by atoms with Gasteiger partial charge in [-0.25, -0.2) is 4.98 Å². The van der Waals surface area contributed by atoms with E-state index in [1.807, 2.05) is 20.1 Å². The molecule has 0 atom stereocenters. The molecule has 0 unspecified atom stereocenters. The molecule has 0 aliphatic heterocycles. The quantitative estimate of drug-likeness (QED) is 0.486. The largest absolute Gasteiger partial charge is 0.253 e. The molecule has 10 heavy (non-hydrogen) atoms. The molecule has 50 valence electrons. The van der Waals surface area contributed by atoms with Crippen molar-refractivity contribution in [3.8, 4) is 0 Å². The minimum absolute atomic E-state index is 0.752. The van der Waals surface area contributed by atoms with Crippen LogP contribution in [0.15, 0.2) is 12.3 Å². The minimum atomic E-state index is 0.752. The molecule has 2 nitrogen and oxygen atoms in total. The van der Waals surface area contributed by atoms with Gasteiger partial charge in [0.05, 0.1) is 5.72 Å². The molecule has 0 saturated heterocycles. The monoisotopic (exact) mass is 132 g/mol. The molecule has 1 heterocycles. The zero-order chi connectivity index (χ0) is 6.97. The zero-order valence-electron chi connectivity index (χ0n) is 6.04. The van der Waals surface area contributed by atoms with Gasteiger partial charge >= 0.3 is 0 Å². The van der Waals surface area contributed by atoms with Crippen molar-refractivity contribution in [2.45, 2.75) is 18.8 Å². The Morgan fingerprint density at radius 3 is 2.90 bits per heavy atom. The average molecular weight is 132 g/mol. The van der Waals surface area contributed by atoms with Crippen LogP contribution < -0.4 is 5.72 Å². The summed E-state index contributed by atoms with van der Waals surface area (Å²) in [6.07, 6.45) is 4.48. The molecule has 0 aromatic carbocycles. The van der Waals surface area contributed by atoms with E-state index in [1.54, 1.807) is 0 Å². The molecule has 2 rings (SSSR count). The van der Waals surface area contributed by atoms with Gasteiger partial charge in [-0.3, -0.25) is 4.98 Å². The van der Waals surface area contributed by atoms with Crippen molar-refractivity contribution in [3.63, 3.8) is 0 Å². The Morgan fingerprint density at radius 1 is 1.50 bits per heavy atom. The van der Waals surface area contributed by atoms with Gasteiger partial charge in [-0.2, -0.15) is 0 Å². The molecule has 0 spiro atoms. The van der Waals surface area contributed by atoms with Gasteiger partial charge in [-0.1, -0.05) is 0 Å². The van der Waals surface area contributed by atoms with Crippen LogP contribution in [0.1, 0.15) is 24.5 Å². The lowest BCUT2D eigenvalue weighted by Gasteiger charge is -1.95. The molecule has 1 saturated carbocycles. The Kier molecular flexibility index (Phi) is 1.23. The summed E-state index contributed by atoms with van der Waals surface area (Å²) < 4.78 is 0. The van der Waals surface area contributed by atoms with Crippen molar-refractivity contribution in [1.29, 1.82) is 0 Å². The van der Waals surface area contributed by atoms with Gasteiger partial charge in [0.25, 0.3) is 0 Å². The molecule has 1 aliphatic rings. The van der Waals surface area contributed by atoms with E-state index in [-0.39, 0.29) is 0 Å². The Bertz CT molecular complexity index is 245. The maximum Gasteiger partial charge on any atom is 0.189 e. The van der Waals surface area contributed by atoms with E-state index < -0.39 is 0 Å². The second-order valence-corrected chi connectivity index (χ2v) is 2.80. The van der Waals surface area contributed by atoms with Crippen LogP contribution in [0.25, 0.3) is 0 Å². The lowest BCUT2D eigenvalue weighted by molar-refractivity contribution is 1.01. The third-order valence-corrected chi connectivity index (χ3v) is 1.79. The van der Waals surface area contributed by atoms with Gasteiger partial charge < -0.3 is 0 Å². The predicted octanol–water partition coefficient (Wildman–Crippen LogP) is -0.388. The summed E-state index contributed by atoms with van der Waals surface area (Å²) in [5.41, 5.74) is 2.12. The van der Waals surface area contributed by atoms with Crippen molar-refractivity contribution in [2.75, 3.05) is 0 Å². The number of nitrogens with zero attached hydrogens (tertiary/aromatic N) is 2. The highest BCUT2D eigenvalue weighted by molar-refractivity contribution is 6.28. The first-order chi connectivity index (χ1) is 4.86.